The van der Waals surface area contributed by atoms with Crippen LogP contribution < -0.4 is 5.32 Å². The zero-order valence-corrected chi connectivity index (χ0v) is 16.6. The van der Waals surface area contributed by atoms with Crippen molar-refractivity contribution in [1.82, 2.24) is 10.2 Å². The molecule has 0 radical (unpaired) electrons. The number of esters is 1. The number of aliphatic imine (C=N–C) groups is 1. The van der Waals surface area contributed by atoms with Gasteiger partial charge in [-0.25, -0.2) is 0 Å². The van der Waals surface area contributed by atoms with Gasteiger partial charge in [0.15, 0.2) is 5.96 Å². The van der Waals surface area contributed by atoms with Crippen molar-refractivity contribution in [2.45, 2.75) is 39.5 Å². The molecule has 0 aromatic rings. The van der Waals surface area contributed by atoms with Crippen LogP contribution in [0.5, 0.6) is 0 Å². The minimum absolute atomic E-state index is 0. The fourth-order valence-corrected chi connectivity index (χ4v) is 3.63. The Kier molecular flexibility index (Phi) is 7.41. The van der Waals surface area contributed by atoms with Crippen LogP contribution in [0.2, 0.25) is 0 Å². The number of methoxy groups -OCH3 is 1. The number of guanidine groups is 1. The van der Waals surface area contributed by atoms with Crippen LogP contribution in [0, 0.1) is 17.3 Å². The zero-order valence-electron chi connectivity index (χ0n) is 14.2. The van der Waals surface area contributed by atoms with E-state index in [0.29, 0.717) is 17.9 Å². The fraction of sp³-hybridized carbons (Fsp3) is 0.875. The molecule has 1 saturated heterocycles. The summed E-state index contributed by atoms with van der Waals surface area (Å²) in [7, 11) is 3.28. The summed E-state index contributed by atoms with van der Waals surface area (Å²) in [6, 6.07) is 0. The first-order chi connectivity index (χ1) is 9.99. The molecule has 2 fully saturated rings. The number of nitrogens with one attached hydrogen (secondary N) is 1. The highest BCUT2D eigenvalue weighted by molar-refractivity contribution is 14.0. The van der Waals surface area contributed by atoms with Gasteiger partial charge in [0.25, 0.3) is 0 Å². The Balaban J connectivity index is 0.00000242. The molecule has 1 saturated carbocycles. The third-order valence-corrected chi connectivity index (χ3v) is 5.11. The summed E-state index contributed by atoms with van der Waals surface area (Å²) >= 11 is 0. The first-order valence-electron chi connectivity index (χ1n) is 8.02. The molecule has 1 aliphatic carbocycles. The number of carbonyl (C=O) groups excluding carboxylic acids is 1. The Hall–Kier alpha value is -0.530. The molecule has 0 aromatic heterocycles. The minimum Gasteiger partial charge on any atom is -0.469 e. The molecule has 1 N–H and O–H groups in total. The second-order valence-electron chi connectivity index (χ2n) is 6.93. The van der Waals surface area contributed by atoms with E-state index in [0.717, 1.165) is 19.0 Å². The van der Waals surface area contributed by atoms with E-state index in [9.17, 15) is 4.79 Å². The smallest absolute Gasteiger partial charge is 0.310 e. The topological polar surface area (TPSA) is 53.9 Å². The van der Waals surface area contributed by atoms with Gasteiger partial charge < -0.3 is 15.0 Å². The van der Waals surface area contributed by atoms with Crippen LogP contribution in [0.4, 0.5) is 0 Å². The predicted molar refractivity (Wildman–Crippen MR) is 99.6 cm³/mol. The molecular formula is C16H30IN3O2. The van der Waals surface area contributed by atoms with Crippen LogP contribution in [0.1, 0.15) is 39.5 Å². The maximum Gasteiger partial charge on any atom is 0.310 e. The van der Waals surface area contributed by atoms with Crippen LogP contribution in [-0.4, -0.2) is 50.6 Å². The fourth-order valence-electron chi connectivity index (χ4n) is 3.63. The summed E-state index contributed by atoms with van der Waals surface area (Å²) in [6.45, 7) is 6.98. The van der Waals surface area contributed by atoms with Gasteiger partial charge in [0.1, 0.15) is 0 Å². The van der Waals surface area contributed by atoms with Gasteiger partial charge in [-0.1, -0.05) is 26.7 Å². The second-order valence-corrected chi connectivity index (χ2v) is 6.93. The van der Waals surface area contributed by atoms with Crippen LogP contribution in [-0.2, 0) is 9.53 Å². The summed E-state index contributed by atoms with van der Waals surface area (Å²) in [5.74, 6) is 1.07. The van der Waals surface area contributed by atoms with Gasteiger partial charge >= 0.3 is 5.97 Å². The summed E-state index contributed by atoms with van der Waals surface area (Å²) in [4.78, 5) is 18.4. The van der Waals surface area contributed by atoms with Crippen molar-refractivity contribution in [2.75, 3.05) is 33.8 Å². The number of ether oxygens (including phenoxy) is 1. The van der Waals surface area contributed by atoms with Crippen molar-refractivity contribution < 1.29 is 9.53 Å². The molecule has 128 valence electrons. The third kappa shape index (κ3) is 4.49. The lowest BCUT2D eigenvalue weighted by Crippen LogP contribution is -2.44. The average molecular weight is 423 g/mol. The Morgan fingerprint density at radius 3 is 2.55 bits per heavy atom. The van der Waals surface area contributed by atoms with Gasteiger partial charge in [0.05, 0.1) is 13.0 Å². The van der Waals surface area contributed by atoms with Crippen molar-refractivity contribution in [3.63, 3.8) is 0 Å². The second kappa shape index (κ2) is 8.36. The number of nitrogens with zero attached hydrogens (tertiary/aromatic N) is 2. The normalized spacial score (nSPS) is 27.5. The van der Waals surface area contributed by atoms with Crippen molar-refractivity contribution in [3.05, 3.63) is 0 Å². The van der Waals surface area contributed by atoms with E-state index < -0.39 is 0 Å². The Morgan fingerprint density at radius 2 is 2.00 bits per heavy atom. The quantitative estimate of drug-likeness (QED) is 0.328. The van der Waals surface area contributed by atoms with E-state index in [4.69, 9.17) is 4.74 Å². The highest BCUT2D eigenvalue weighted by Gasteiger charge is 2.37. The summed E-state index contributed by atoms with van der Waals surface area (Å²) in [5, 5.41) is 3.52. The number of likely N-dealkylation sites (tertiary alicyclic amines) is 1. The van der Waals surface area contributed by atoms with Crippen molar-refractivity contribution in [1.29, 1.82) is 0 Å². The molecule has 0 aromatic carbocycles. The van der Waals surface area contributed by atoms with Gasteiger partial charge in [-0.2, -0.15) is 0 Å². The molecule has 5 nitrogen and oxygen atoms in total. The largest absolute Gasteiger partial charge is 0.469 e. The number of hydrogen-bond donors (Lipinski definition) is 1. The molecule has 0 amide bonds. The van der Waals surface area contributed by atoms with Crippen molar-refractivity contribution in [2.24, 2.45) is 22.2 Å². The van der Waals surface area contributed by atoms with Gasteiger partial charge in [0, 0.05) is 26.7 Å². The van der Waals surface area contributed by atoms with Crippen LogP contribution in [0.15, 0.2) is 4.99 Å². The summed E-state index contributed by atoms with van der Waals surface area (Å²) in [5.41, 5.74) is 0.392. The summed E-state index contributed by atoms with van der Waals surface area (Å²) in [6.07, 6.45) is 5.25. The number of halogens is 1. The van der Waals surface area contributed by atoms with E-state index >= 15 is 0 Å². The van der Waals surface area contributed by atoms with Gasteiger partial charge in [-0.05, 0) is 24.2 Å². The lowest BCUT2D eigenvalue weighted by molar-refractivity contribution is -0.145. The van der Waals surface area contributed by atoms with E-state index in [1.54, 1.807) is 0 Å². The molecule has 1 aliphatic heterocycles. The first kappa shape index (κ1) is 19.5. The standard InChI is InChI=1S/C16H29N3O2.HI/c1-12-9-19(10-13(12)14(20)21-4)15(17-3)18-11-16(2)7-5-6-8-16;/h12-13H,5-11H2,1-4H3,(H,17,18);1H. The zero-order chi connectivity index (χ0) is 15.5. The maximum atomic E-state index is 11.8. The molecule has 6 heteroatoms. The van der Waals surface area contributed by atoms with Crippen molar-refractivity contribution >= 4 is 35.9 Å². The van der Waals surface area contributed by atoms with E-state index in [-0.39, 0.29) is 35.9 Å². The molecule has 0 spiro atoms. The molecule has 1 heterocycles. The maximum absolute atomic E-state index is 11.8. The molecule has 2 rings (SSSR count). The van der Waals surface area contributed by atoms with Gasteiger partial charge in [-0.15, -0.1) is 24.0 Å². The Labute approximate surface area is 151 Å². The van der Waals surface area contributed by atoms with E-state index in [2.05, 4.69) is 29.1 Å². The SMILES string of the molecule is CN=C(NCC1(C)CCCC1)N1CC(C)C(C(=O)OC)C1.I. The highest BCUT2D eigenvalue weighted by Crippen LogP contribution is 2.36. The first-order valence-corrected chi connectivity index (χ1v) is 8.02. The van der Waals surface area contributed by atoms with Crippen LogP contribution >= 0.6 is 24.0 Å². The molecule has 0 bridgehead atoms. The number of hydrogen-bond acceptors (Lipinski definition) is 3. The lowest BCUT2D eigenvalue weighted by atomic mass is 9.89. The average Bonchev–Trinajstić information content (AvgIpc) is 3.06. The molecule has 22 heavy (non-hydrogen) atoms. The molecule has 2 atom stereocenters. The molecule has 2 unspecified atom stereocenters. The number of rotatable bonds is 3. The summed E-state index contributed by atoms with van der Waals surface area (Å²) < 4.78 is 4.90. The van der Waals surface area contributed by atoms with Gasteiger partial charge in [0.2, 0.25) is 0 Å². The minimum atomic E-state index is -0.108. The van der Waals surface area contributed by atoms with Crippen LogP contribution in [0.3, 0.4) is 0 Å². The Morgan fingerprint density at radius 1 is 1.36 bits per heavy atom. The Bertz CT molecular complexity index is 408. The van der Waals surface area contributed by atoms with E-state index in [1.807, 2.05) is 7.05 Å². The molecule has 2 aliphatic rings. The lowest BCUT2D eigenvalue weighted by Gasteiger charge is -2.28. The predicted octanol–water partition coefficient (Wildman–Crippen LogP) is 2.50. The number of carbonyl (C=O) groups is 1. The van der Waals surface area contributed by atoms with Crippen LogP contribution in [0.25, 0.3) is 0 Å². The monoisotopic (exact) mass is 423 g/mol. The van der Waals surface area contributed by atoms with E-state index in [1.165, 1.54) is 32.8 Å². The van der Waals surface area contributed by atoms with Crippen molar-refractivity contribution in [3.8, 4) is 0 Å². The molecular weight excluding hydrogens is 393 g/mol. The third-order valence-electron chi connectivity index (χ3n) is 5.11. The highest BCUT2D eigenvalue weighted by atomic mass is 127. The van der Waals surface area contributed by atoms with Gasteiger partial charge in [-0.3, -0.25) is 9.79 Å².